The standard InChI is InChI=1S/C15H18N4O3S/c1-9(20)17-7-10-4-5-13(22-10)12-8-23-15(18-12)19-14(21)11-3-2-6-16-11/h4-5,8,11,16H,2-3,6-7H2,1H3,(H,17,20)(H,18,19,21). The Morgan fingerprint density at radius 1 is 1.48 bits per heavy atom. The molecule has 0 aliphatic carbocycles. The summed E-state index contributed by atoms with van der Waals surface area (Å²) in [6, 6.07) is 3.47. The van der Waals surface area contributed by atoms with Gasteiger partial charge in [-0.2, -0.15) is 0 Å². The smallest absolute Gasteiger partial charge is 0.243 e. The maximum absolute atomic E-state index is 12.0. The van der Waals surface area contributed by atoms with Gasteiger partial charge >= 0.3 is 0 Å². The van der Waals surface area contributed by atoms with E-state index in [0.29, 0.717) is 28.9 Å². The molecule has 1 fully saturated rings. The Hall–Kier alpha value is -2.19. The van der Waals surface area contributed by atoms with Crippen LogP contribution in [0.25, 0.3) is 11.5 Å². The minimum atomic E-state index is -0.129. The zero-order valence-electron chi connectivity index (χ0n) is 12.7. The monoisotopic (exact) mass is 334 g/mol. The number of aromatic nitrogens is 1. The summed E-state index contributed by atoms with van der Waals surface area (Å²) in [4.78, 5) is 27.3. The molecule has 0 radical (unpaired) electrons. The number of anilines is 1. The molecule has 0 spiro atoms. The lowest BCUT2D eigenvalue weighted by molar-refractivity contribution is -0.119. The van der Waals surface area contributed by atoms with Gasteiger partial charge in [0, 0.05) is 12.3 Å². The highest BCUT2D eigenvalue weighted by Gasteiger charge is 2.22. The van der Waals surface area contributed by atoms with Gasteiger partial charge in [-0.25, -0.2) is 4.98 Å². The number of nitrogens with zero attached hydrogens (tertiary/aromatic N) is 1. The predicted octanol–water partition coefficient (Wildman–Crippen LogP) is 1.73. The summed E-state index contributed by atoms with van der Waals surface area (Å²) in [5.74, 6) is 1.11. The molecule has 0 bridgehead atoms. The number of nitrogens with one attached hydrogen (secondary N) is 3. The van der Waals surface area contributed by atoms with E-state index in [2.05, 4.69) is 20.9 Å². The Balaban J connectivity index is 1.62. The van der Waals surface area contributed by atoms with Crippen molar-refractivity contribution in [2.24, 2.45) is 0 Å². The van der Waals surface area contributed by atoms with Gasteiger partial charge in [0.25, 0.3) is 0 Å². The van der Waals surface area contributed by atoms with E-state index >= 15 is 0 Å². The van der Waals surface area contributed by atoms with Gasteiger partial charge in [-0.05, 0) is 31.5 Å². The molecule has 2 aromatic rings. The maximum atomic E-state index is 12.0. The zero-order chi connectivity index (χ0) is 16.2. The quantitative estimate of drug-likeness (QED) is 0.774. The fraction of sp³-hybridized carbons (Fsp3) is 0.400. The van der Waals surface area contributed by atoms with Crippen molar-refractivity contribution in [1.82, 2.24) is 15.6 Å². The molecule has 23 heavy (non-hydrogen) atoms. The SMILES string of the molecule is CC(=O)NCc1ccc(-c2csc(NC(=O)C3CCCN3)n2)o1. The molecule has 1 aliphatic heterocycles. The zero-order valence-corrected chi connectivity index (χ0v) is 13.5. The minimum absolute atomic E-state index is 0.0470. The highest BCUT2D eigenvalue weighted by molar-refractivity contribution is 7.14. The normalized spacial score (nSPS) is 17.2. The lowest BCUT2D eigenvalue weighted by atomic mass is 10.2. The molecule has 1 aliphatic rings. The summed E-state index contributed by atoms with van der Waals surface area (Å²) in [6.45, 7) is 2.68. The average Bonchev–Trinajstić information content (AvgIpc) is 3.25. The summed E-state index contributed by atoms with van der Waals surface area (Å²) in [6.07, 6.45) is 1.87. The molecule has 0 saturated carbocycles. The van der Waals surface area contributed by atoms with Gasteiger partial charge in [-0.15, -0.1) is 11.3 Å². The van der Waals surface area contributed by atoms with E-state index in [1.807, 2.05) is 5.38 Å². The van der Waals surface area contributed by atoms with Gasteiger partial charge in [-0.3, -0.25) is 9.59 Å². The molecule has 0 aromatic carbocycles. The second-order valence-corrected chi connectivity index (χ2v) is 6.21. The molecule has 1 unspecified atom stereocenters. The van der Waals surface area contributed by atoms with E-state index in [1.54, 1.807) is 12.1 Å². The lowest BCUT2D eigenvalue weighted by Crippen LogP contribution is -2.35. The van der Waals surface area contributed by atoms with Crippen LogP contribution < -0.4 is 16.0 Å². The van der Waals surface area contributed by atoms with Crippen molar-refractivity contribution in [1.29, 1.82) is 0 Å². The van der Waals surface area contributed by atoms with Gasteiger partial charge in [0.15, 0.2) is 10.9 Å². The molecule has 2 aromatic heterocycles. The highest BCUT2D eigenvalue weighted by Crippen LogP contribution is 2.26. The summed E-state index contributed by atoms with van der Waals surface area (Å²) >= 11 is 1.36. The number of amides is 2. The number of thiazole rings is 1. The van der Waals surface area contributed by atoms with Crippen molar-refractivity contribution in [2.45, 2.75) is 32.4 Å². The number of carbonyl (C=O) groups excluding carboxylic acids is 2. The molecule has 8 heteroatoms. The number of carbonyl (C=O) groups is 2. The van der Waals surface area contributed by atoms with Crippen LogP contribution in [-0.2, 0) is 16.1 Å². The average molecular weight is 334 g/mol. The van der Waals surface area contributed by atoms with Gasteiger partial charge in [0.1, 0.15) is 11.5 Å². The Labute approximate surface area is 137 Å². The van der Waals surface area contributed by atoms with Crippen LogP contribution in [0.4, 0.5) is 5.13 Å². The van der Waals surface area contributed by atoms with Crippen LogP contribution in [0.1, 0.15) is 25.5 Å². The van der Waals surface area contributed by atoms with Crippen LogP contribution in [0.15, 0.2) is 21.9 Å². The number of rotatable bonds is 5. The fourth-order valence-electron chi connectivity index (χ4n) is 2.37. The third-order valence-corrected chi connectivity index (χ3v) is 4.29. The van der Waals surface area contributed by atoms with Crippen molar-refractivity contribution >= 4 is 28.3 Å². The molecule has 1 atom stereocenters. The summed E-state index contributed by atoms with van der Waals surface area (Å²) in [5.41, 5.74) is 0.666. The van der Waals surface area contributed by atoms with Crippen LogP contribution in [-0.4, -0.2) is 29.4 Å². The van der Waals surface area contributed by atoms with E-state index in [1.165, 1.54) is 18.3 Å². The van der Waals surface area contributed by atoms with Gasteiger partial charge in [0.2, 0.25) is 11.8 Å². The van der Waals surface area contributed by atoms with Crippen LogP contribution >= 0.6 is 11.3 Å². The third kappa shape index (κ3) is 3.96. The molecular formula is C15H18N4O3S. The number of furan rings is 1. The van der Waals surface area contributed by atoms with Crippen LogP contribution in [0.5, 0.6) is 0 Å². The second-order valence-electron chi connectivity index (χ2n) is 5.35. The van der Waals surface area contributed by atoms with Crippen molar-refractivity contribution < 1.29 is 14.0 Å². The van der Waals surface area contributed by atoms with Crippen LogP contribution in [0.3, 0.4) is 0 Å². The summed E-state index contributed by atoms with van der Waals surface area (Å²) < 4.78 is 5.64. The number of hydrogen-bond donors (Lipinski definition) is 3. The largest absolute Gasteiger partial charge is 0.458 e. The van der Waals surface area contributed by atoms with Gasteiger partial charge in [-0.1, -0.05) is 0 Å². The van der Waals surface area contributed by atoms with Gasteiger partial charge < -0.3 is 20.4 Å². The first-order chi connectivity index (χ1) is 11.1. The maximum Gasteiger partial charge on any atom is 0.243 e. The Morgan fingerprint density at radius 3 is 3.09 bits per heavy atom. The molecule has 3 rings (SSSR count). The molecule has 2 amide bonds. The van der Waals surface area contributed by atoms with Crippen molar-refractivity contribution in [3.63, 3.8) is 0 Å². The molecular weight excluding hydrogens is 316 g/mol. The van der Waals surface area contributed by atoms with Crippen molar-refractivity contribution in [3.8, 4) is 11.5 Å². The molecule has 3 N–H and O–H groups in total. The first-order valence-electron chi connectivity index (χ1n) is 7.45. The van der Waals surface area contributed by atoms with E-state index in [-0.39, 0.29) is 17.9 Å². The second kappa shape index (κ2) is 6.93. The molecule has 7 nitrogen and oxygen atoms in total. The Kier molecular flexibility index (Phi) is 4.73. The molecule has 3 heterocycles. The molecule has 1 saturated heterocycles. The predicted molar refractivity (Wildman–Crippen MR) is 87.0 cm³/mol. The van der Waals surface area contributed by atoms with Crippen LogP contribution in [0.2, 0.25) is 0 Å². The first kappa shape index (κ1) is 15.7. The first-order valence-corrected chi connectivity index (χ1v) is 8.33. The summed E-state index contributed by atoms with van der Waals surface area (Å²) in [5, 5.41) is 11.0. The number of hydrogen-bond acceptors (Lipinski definition) is 6. The van der Waals surface area contributed by atoms with E-state index < -0.39 is 0 Å². The molecule has 122 valence electrons. The highest BCUT2D eigenvalue weighted by atomic mass is 32.1. The minimum Gasteiger partial charge on any atom is -0.458 e. The summed E-state index contributed by atoms with van der Waals surface area (Å²) in [7, 11) is 0. The third-order valence-electron chi connectivity index (χ3n) is 3.54. The van der Waals surface area contributed by atoms with Crippen molar-refractivity contribution in [2.75, 3.05) is 11.9 Å². The van der Waals surface area contributed by atoms with Gasteiger partial charge in [0.05, 0.1) is 12.6 Å². The fourth-order valence-corrected chi connectivity index (χ4v) is 3.07. The Morgan fingerprint density at radius 2 is 2.35 bits per heavy atom. The topological polar surface area (TPSA) is 96.3 Å². The van der Waals surface area contributed by atoms with E-state index in [0.717, 1.165) is 19.4 Å². The van der Waals surface area contributed by atoms with Crippen LogP contribution in [0, 0.1) is 0 Å². The Bertz CT molecular complexity index is 703. The lowest BCUT2D eigenvalue weighted by Gasteiger charge is -2.08. The van der Waals surface area contributed by atoms with E-state index in [9.17, 15) is 9.59 Å². The van der Waals surface area contributed by atoms with Crippen molar-refractivity contribution in [3.05, 3.63) is 23.3 Å². The van der Waals surface area contributed by atoms with E-state index in [4.69, 9.17) is 4.42 Å².